The molecule has 21 heavy (non-hydrogen) atoms. The zero-order valence-corrected chi connectivity index (χ0v) is 11.7. The maximum Gasteiger partial charge on any atom is 0.255 e. The summed E-state index contributed by atoms with van der Waals surface area (Å²) in [7, 11) is 1.54. The fraction of sp³-hybridized carbons (Fsp3) is 0.235. The molecule has 0 heterocycles. The van der Waals surface area contributed by atoms with Crippen molar-refractivity contribution in [2.45, 2.75) is 18.4 Å². The van der Waals surface area contributed by atoms with E-state index in [4.69, 9.17) is 4.74 Å². The zero-order valence-electron chi connectivity index (χ0n) is 11.7. The summed E-state index contributed by atoms with van der Waals surface area (Å²) in [4.78, 5) is 12.5. The number of hydrogen-bond acceptors (Lipinski definition) is 2. The lowest BCUT2D eigenvalue weighted by atomic mass is 10.0. The lowest BCUT2D eigenvalue weighted by Crippen LogP contribution is -2.35. The van der Waals surface area contributed by atoms with Gasteiger partial charge >= 0.3 is 0 Å². The Hall–Kier alpha value is -2.36. The third-order valence-corrected chi connectivity index (χ3v) is 3.85. The Kier molecular flexibility index (Phi) is 3.37. The molecule has 3 rings (SSSR count). The molecule has 0 aromatic heterocycles. The molecule has 0 atom stereocenters. The van der Waals surface area contributed by atoms with Crippen molar-refractivity contribution >= 4 is 5.91 Å². The van der Waals surface area contributed by atoms with Gasteiger partial charge < -0.3 is 10.1 Å². The van der Waals surface area contributed by atoms with Crippen molar-refractivity contribution in [1.29, 1.82) is 0 Å². The third-order valence-electron chi connectivity index (χ3n) is 3.85. The number of methoxy groups -OCH3 is 1. The van der Waals surface area contributed by atoms with Crippen LogP contribution in [0.3, 0.4) is 0 Å². The van der Waals surface area contributed by atoms with E-state index in [-0.39, 0.29) is 17.3 Å². The quantitative estimate of drug-likeness (QED) is 0.936. The maximum atomic E-state index is 13.0. The Morgan fingerprint density at radius 3 is 2.43 bits per heavy atom. The van der Waals surface area contributed by atoms with E-state index in [0.717, 1.165) is 18.4 Å². The first kappa shape index (κ1) is 13.6. The summed E-state index contributed by atoms with van der Waals surface area (Å²) in [6.07, 6.45) is 1.72. The van der Waals surface area contributed by atoms with Crippen LogP contribution in [0, 0.1) is 5.82 Å². The molecule has 1 amide bonds. The Morgan fingerprint density at radius 1 is 1.14 bits per heavy atom. The minimum Gasteiger partial charge on any atom is -0.496 e. The number of halogens is 1. The number of amides is 1. The second-order valence-corrected chi connectivity index (χ2v) is 5.24. The number of carbonyl (C=O) groups excluding carboxylic acids is 1. The first-order valence-electron chi connectivity index (χ1n) is 6.86. The van der Waals surface area contributed by atoms with E-state index in [1.165, 1.54) is 12.1 Å². The highest BCUT2D eigenvalue weighted by molar-refractivity contribution is 5.97. The van der Waals surface area contributed by atoms with E-state index in [2.05, 4.69) is 5.32 Å². The van der Waals surface area contributed by atoms with Crippen molar-refractivity contribution in [1.82, 2.24) is 5.32 Å². The van der Waals surface area contributed by atoms with E-state index in [9.17, 15) is 9.18 Å². The lowest BCUT2D eigenvalue weighted by molar-refractivity contribution is 0.0928. The summed E-state index contributed by atoms with van der Waals surface area (Å²) < 4.78 is 18.2. The van der Waals surface area contributed by atoms with Crippen LogP contribution in [-0.4, -0.2) is 13.0 Å². The van der Waals surface area contributed by atoms with Gasteiger partial charge in [0, 0.05) is 0 Å². The number of benzene rings is 2. The summed E-state index contributed by atoms with van der Waals surface area (Å²) in [6, 6.07) is 13.4. The van der Waals surface area contributed by atoms with Gasteiger partial charge in [0.05, 0.1) is 18.2 Å². The molecule has 0 unspecified atom stereocenters. The largest absolute Gasteiger partial charge is 0.496 e. The highest BCUT2D eigenvalue weighted by Crippen LogP contribution is 2.45. The Bertz CT molecular complexity index is 663. The monoisotopic (exact) mass is 285 g/mol. The number of ether oxygens (including phenoxy) is 1. The molecular weight excluding hydrogens is 269 g/mol. The van der Waals surface area contributed by atoms with E-state index in [1.54, 1.807) is 37.4 Å². The molecule has 0 aliphatic heterocycles. The summed E-state index contributed by atoms with van der Waals surface area (Å²) in [5.74, 6) is 0.102. The smallest absolute Gasteiger partial charge is 0.255 e. The number of hydrogen-bond donors (Lipinski definition) is 1. The minimum absolute atomic E-state index is 0.172. The Balaban J connectivity index is 1.83. The highest BCUT2D eigenvalue weighted by Gasteiger charge is 2.45. The normalized spacial score (nSPS) is 15.3. The molecule has 3 nitrogen and oxygen atoms in total. The predicted molar refractivity (Wildman–Crippen MR) is 77.8 cm³/mol. The van der Waals surface area contributed by atoms with E-state index in [1.807, 2.05) is 6.07 Å². The van der Waals surface area contributed by atoms with Gasteiger partial charge in [0.25, 0.3) is 5.91 Å². The topological polar surface area (TPSA) is 38.3 Å². The van der Waals surface area contributed by atoms with Gasteiger partial charge in [0.2, 0.25) is 0 Å². The maximum absolute atomic E-state index is 13.0. The second-order valence-electron chi connectivity index (χ2n) is 5.24. The van der Waals surface area contributed by atoms with Gasteiger partial charge in [-0.2, -0.15) is 0 Å². The summed E-state index contributed by atoms with van der Waals surface area (Å²) in [5.41, 5.74) is 1.08. The SMILES string of the molecule is COc1ccccc1C(=O)NC1(c2ccc(F)cc2)CC1. The summed E-state index contributed by atoms with van der Waals surface area (Å²) in [5, 5.41) is 3.05. The van der Waals surface area contributed by atoms with Gasteiger partial charge in [-0.05, 0) is 42.7 Å². The van der Waals surface area contributed by atoms with Crippen LogP contribution in [0.25, 0.3) is 0 Å². The number of para-hydroxylation sites is 1. The number of nitrogens with one attached hydrogen (secondary N) is 1. The van der Waals surface area contributed by atoms with E-state index in [0.29, 0.717) is 11.3 Å². The minimum atomic E-state index is -0.369. The van der Waals surface area contributed by atoms with Crippen molar-refractivity contribution in [2.75, 3.05) is 7.11 Å². The zero-order chi connectivity index (χ0) is 14.9. The van der Waals surface area contributed by atoms with E-state index >= 15 is 0 Å². The standard InChI is InChI=1S/C17H16FNO2/c1-21-15-5-3-2-4-14(15)16(20)19-17(10-11-17)12-6-8-13(18)9-7-12/h2-9H,10-11H2,1H3,(H,19,20). The fourth-order valence-corrected chi connectivity index (χ4v) is 2.50. The van der Waals surface area contributed by atoms with Crippen molar-refractivity contribution in [3.63, 3.8) is 0 Å². The van der Waals surface area contributed by atoms with Gasteiger partial charge in [0.15, 0.2) is 0 Å². The molecule has 0 bridgehead atoms. The van der Waals surface area contributed by atoms with Gasteiger partial charge in [0.1, 0.15) is 11.6 Å². The third kappa shape index (κ3) is 2.61. The molecule has 0 saturated heterocycles. The molecule has 2 aromatic rings. The molecular formula is C17H16FNO2. The van der Waals surface area contributed by atoms with Crippen molar-refractivity contribution in [3.8, 4) is 5.75 Å². The highest BCUT2D eigenvalue weighted by atomic mass is 19.1. The van der Waals surface area contributed by atoms with Gasteiger partial charge in [-0.1, -0.05) is 24.3 Å². The average Bonchev–Trinajstić information content (AvgIpc) is 3.28. The molecule has 1 aliphatic rings. The van der Waals surface area contributed by atoms with Crippen molar-refractivity contribution < 1.29 is 13.9 Å². The van der Waals surface area contributed by atoms with E-state index < -0.39 is 0 Å². The molecule has 1 saturated carbocycles. The van der Waals surface area contributed by atoms with Crippen molar-refractivity contribution in [2.24, 2.45) is 0 Å². The molecule has 1 fully saturated rings. The molecule has 0 radical (unpaired) electrons. The molecule has 1 N–H and O–H groups in total. The van der Waals surface area contributed by atoms with Gasteiger partial charge in [-0.3, -0.25) is 4.79 Å². The Labute approximate surface area is 122 Å². The molecule has 0 spiro atoms. The molecule has 4 heteroatoms. The summed E-state index contributed by atoms with van der Waals surface area (Å²) >= 11 is 0. The lowest BCUT2D eigenvalue weighted by Gasteiger charge is -2.19. The van der Waals surface area contributed by atoms with Crippen LogP contribution >= 0.6 is 0 Å². The van der Waals surface area contributed by atoms with Crippen LogP contribution in [0.2, 0.25) is 0 Å². The average molecular weight is 285 g/mol. The van der Waals surface area contributed by atoms with Gasteiger partial charge in [-0.15, -0.1) is 0 Å². The van der Waals surface area contributed by atoms with Crippen LogP contribution in [-0.2, 0) is 5.54 Å². The van der Waals surface area contributed by atoms with Crippen molar-refractivity contribution in [3.05, 3.63) is 65.5 Å². The summed E-state index contributed by atoms with van der Waals surface area (Å²) in [6.45, 7) is 0. The number of rotatable bonds is 4. The molecule has 108 valence electrons. The first-order chi connectivity index (χ1) is 10.1. The van der Waals surface area contributed by atoms with Crippen LogP contribution in [0.5, 0.6) is 5.75 Å². The molecule has 2 aromatic carbocycles. The fourth-order valence-electron chi connectivity index (χ4n) is 2.50. The van der Waals surface area contributed by atoms with Gasteiger partial charge in [-0.25, -0.2) is 4.39 Å². The van der Waals surface area contributed by atoms with Crippen LogP contribution < -0.4 is 10.1 Å². The van der Waals surface area contributed by atoms with Crippen LogP contribution in [0.4, 0.5) is 4.39 Å². The predicted octanol–water partition coefficient (Wildman–Crippen LogP) is 3.25. The van der Waals surface area contributed by atoms with Crippen LogP contribution in [0.1, 0.15) is 28.8 Å². The second kappa shape index (κ2) is 5.20. The molecule has 1 aliphatic carbocycles. The van der Waals surface area contributed by atoms with Crippen LogP contribution in [0.15, 0.2) is 48.5 Å². The first-order valence-corrected chi connectivity index (χ1v) is 6.86. The number of carbonyl (C=O) groups is 1. The Morgan fingerprint density at radius 2 is 1.81 bits per heavy atom.